The standard InChI is InChI=1S/C15H15FN2S2/c1-18(11-7-4-3-6-10(11)16)12-8-5-9-13(20-2)14(12)15(17)19/h3-9H,1-2H3,(H2,17,19). The predicted molar refractivity (Wildman–Crippen MR) is 88.6 cm³/mol. The summed E-state index contributed by atoms with van der Waals surface area (Å²) >= 11 is 6.72. The highest BCUT2D eigenvalue weighted by molar-refractivity contribution is 7.98. The molecular weight excluding hydrogens is 291 g/mol. The van der Waals surface area contributed by atoms with Crippen molar-refractivity contribution in [3.8, 4) is 0 Å². The summed E-state index contributed by atoms with van der Waals surface area (Å²) in [6.07, 6.45) is 1.96. The van der Waals surface area contributed by atoms with Gasteiger partial charge in [-0.1, -0.05) is 30.4 Å². The van der Waals surface area contributed by atoms with E-state index in [0.29, 0.717) is 10.7 Å². The summed E-state index contributed by atoms with van der Waals surface area (Å²) in [5.41, 5.74) is 7.91. The monoisotopic (exact) mass is 306 g/mol. The molecule has 0 aliphatic carbocycles. The lowest BCUT2D eigenvalue weighted by Crippen LogP contribution is -2.19. The molecule has 0 radical (unpaired) electrons. The van der Waals surface area contributed by atoms with E-state index in [1.165, 1.54) is 6.07 Å². The zero-order valence-electron chi connectivity index (χ0n) is 11.3. The van der Waals surface area contributed by atoms with Gasteiger partial charge in [0, 0.05) is 17.5 Å². The van der Waals surface area contributed by atoms with Gasteiger partial charge in [-0.15, -0.1) is 11.8 Å². The number of anilines is 2. The Labute approximate surface area is 127 Å². The molecule has 0 amide bonds. The van der Waals surface area contributed by atoms with Crippen LogP contribution in [0.5, 0.6) is 0 Å². The second-order valence-corrected chi connectivity index (χ2v) is 5.52. The lowest BCUT2D eigenvalue weighted by Gasteiger charge is -2.24. The molecule has 2 N–H and O–H groups in total. The summed E-state index contributed by atoms with van der Waals surface area (Å²) < 4.78 is 13.9. The molecule has 20 heavy (non-hydrogen) atoms. The molecule has 0 saturated heterocycles. The van der Waals surface area contributed by atoms with Gasteiger partial charge in [-0.25, -0.2) is 4.39 Å². The molecule has 0 aliphatic rings. The summed E-state index contributed by atoms with van der Waals surface area (Å²) in [6, 6.07) is 12.4. The van der Waals surface area contributed by atoms with Gasteiger partial charge in [-0.3, -0.25) is 0 Å². The molecule has 5 heteroatoms. The lowest BCUT2D eigenvalue weighted by molar-refractivity contribution is 0.627. The van der Waals surface area contributed by atoms with Crippen LogP contribution < -0.4 is 10.6 Å². The fraction of sp³-hybridized carbons (Fsp3) is 0.133. The van der Waals surface area contributed by atoms with Gasteiger partial charge in [0.2, 0.25) is 0 Å². The molecule has 2 aromatic carbocycles. The maximum absolute atomic E-state index is 13.9. The Bertz CT molecular complexity index is 644. The second kappa shape index (κ2) is 6.24. The average molecular weight is 306 g/mol. The summed E-state index contributed by atoms with van der Waals surface area (Å²) in [7, 11) is 1.81. The number of nitrogens with two attached hydrogens (primary N) is 1. The van der Waals surface area contributed by atoms with Crippen LogP contribution in [0.1, 0.15) is 5.56 Å². The van der Waals surface area contributed by atoms with E-state index in [2.05, 4.69) is 0 Å². The van der Waals surface area contributed by atoms with Crippen molar-refractivity contribution in [2.45, 2.75) is 4.90 Å². The first-order valence-corrected chi connectivity index (χ1v) is 7.64. The molecule has 0 aliphatic heterocycles. The number of benzene rings is 2. The van der Waals surface area contributed by atoms with Crippen LogP contribution in [0.15, 0.2) is 47.4 Å². The first-order valence-electron chi connectivity index (χ1n) is 6.01. The van der Waals surface area contributed by atoms with Gasteiger partial charge >= 0.3 is 0 Å². The van der Waals surface area contributed by atoms with Gasteiger partial charge in [0.05, 0.1) is 11.4 Å². The molecule has 2 aromatic rings. The Hall–Kier alpha value is -1.59. The van der Waals surface area contributed by atoms with E-state index in [-0.39, 0.29) is 5.82 Å². The van der Waals surface area contributed by atoms with Crippen molar-refractivity contribution in [2.24, 2.45) is 5.73 Å². The Kier molecular flexibility index (Phi) is 4.62. The van der Waals surface area contributed by atoms with Gasteiger partial charge in [-0.2, -0.15) is 0 Å². The number of para-hydroxylation sites is 1. The van der Waals surface area contributed by atoms with E-state index in [4.69, 9.17) is 18.0 Å². The fourth-order valence-electron chi connectivity index (χ4n) is 2.07. The quantitative estimate of drug-likeness (QED) is 0.684. The molecule has 2 nitrogen and oxygen atoms in total. The highest BCUT2D eigenvalue weighted by atomic mass is 32.2. The largest absolute Gasteiger partial charge is 0.389 e. The topological polar surface area (TPSA) is 29.3 Å². The van der Waals surface area contributed by atoms with Crippen molar-refractivity contribution >= 4 is 40.3 Å². The van der Waals surface area contributed by atoms with Crippen LogP contribution in [-0.2, 0) is 0 Å². The maximum Gasteiger partial charge on any atom is 0.146 e. The van der Waals surface area contributed by atoms with Crippen molar-refractivity contribution < 1.29 is 4.39 Å². The zero-order valence-corrected chi connectivity index (χ0v) is 12.9. The van der Waals surface area contributed by atoms with Crippen molar-refractivity contribution in [3.05, 3.63) is 53.8 Å². The number of rotatable bonds is 4. The van der Waals surface area contributed by atoms with Crippen molar-refractivity contribution in [2.75, 3.05) is 18.2 Å². The Morgan fingerprint density at radius 3 is 2.40 bits per heavy atom. The third-order valence-electron chi connectivity index (χ3n) is 3.05. The van der Waals surface area contributed by atoms with Crippen LogP contribution in [0.4, 0.5) is 15.8 Å². The average Bonchev–Trinajstić information content (AvgIpc) is 2.46. The molecule has 0 aromatic heterocycles. The number of hydrogen-bond donors (Lipinski definition) is 1. The first-order chi connectivity index (χ1) is 9.56. The zero-order chi connectivity index (χ0) is 14.7. The van der Waals surface area contributed by atoms with Crippen LogP contribution in [0, 0.1) is 5.82 Å². The van der Waals surface area contributed by atoms with Crippen LogP contribution in [0.2, 0.25) is 0 Å². The highest BCUT2D eigenvalue weighted by Gasteiger charge is 2.16. The Morgan fingerprint density at radius 2 is 1.80 bits per heavy atom. The molecule has 0 unspecified atom stereocenters. The molecule has 0 saturated carbocycles. The summed E-state index contributed by atoms with van der Waals surface area (Å²) in [5.74, 6) is -0.279. The molecule has 0 heterocycles. The summed E-state index contributed by atoms with van der Waals surface area (Å²) in [4.78, 5) is 3.06. The number of thioether (sulfide) groups is 1. The molecule has 0 bridgehead atoms. The Balaban J connectivity index is 2.58. The highest BCUT2D eigenvalue weighted by Crippen LogP contribution is 2.33. The van der Waals surface area contributed by atoms with Gasteiger partial charge in [0.25, 0.3) is 0 Å². The fourth-order valence-corrected chi connectivity index (χ4v) is 2.98. The molecule has 0 spiro atoms. The maximum atomic E-state index is 13.9. The second-order valence-electron chi connectivity index (χ2n) is 4.23. The van der Waals surface area contributed by atoms with Gasteiger partial charge in [-0.05, 0) is 30.5 Å². The summed E-state index contributed by atoms with van der Waals surface area (Å²) in [5, 5.41) is 0. The van der Waals surface area contributed by atoms with Gasteiger partial charge in [0.15, 0.2) is 0 Å². The normalized spacial score (nSPS) is 10.3. The number of hydrogen-bond acceptors (Lipinski definition) is 3. The van der Waals surface area contributed by atoms with E-state index in [0.717, 1.165) is 16.1 Å². The molecule has 0 fully saturated rings. The van der Waals surface area contributed by atoms with E-state index < -0.39 is 0 Å². The number of thiocarbonyl (C=S) groups is 1. The minimum absolute atomic E-state index is 0.279. The van der Waals surface area contributed by atoms with Gasteiger partial charge in [0.1, 0.15) is 10.8 Å². The van der Waals surface area contributed by atoms with Crippen LogP contribution >= 0.6 is 24.0 Å². The molecule has 0 atom stereocenters. The van der Waals surface area contributed by atoms with Crippen LogP contribution in [0.3, 0.4) is 0 Å². The van der Waals surface area contributed by atoms with Crippen molar-refractivity contribution in [3.63, 3.8) is 0 Å². The van der Waals surface area contributed by atoms with E-state index in [1.807, 2.05) is 24.5 Å². The van der Waals surface area contributed by atoms with E-state index >= 15 is 0 Å². The van der Waals surface area contributed by atoms with Crippen molar-refractivity contribution in [1.82, 2.24) is 0 Å². The third kappa shape index (κ3) is 2.78. The van der Waals surface area contributed by atoms with Crippen molar-refractivity contribution in [1.29, 1.82) is 0 Å². The third-order valence-corrected chi connectivity index (χ3v) is 4.03. The molecular formula is C15H15FN2S2. The minimum Gasteiger partial charge on any atom is -0.389 e. The van der Waals surface area contributed by atoms with Crippen LogP contribution in [-0.4, -0.2) is 18.3 Å². The number of nitrogens with zero attached hydrogens (tertiary/aromatic N) is 1. The Morgan fingerprint density at radius 1 is 1.15 bits per heavy atom. The predicted octanol–water partition coefficient (Wildman–Crippen LogP) is 3.95. The molecule has 104 valence electrons. The molecule has 2 rings (SSSR count). The smallest absolute Gasteiger partial charge is 0.146 e. The number of halogens is 1. The van der Waals surface area contributed by atoms with Gasteiger partial charge < -0.3 is 10.6 Å². The van der Waals surface area contributed by atoms with E-state index in [1.54, 1.807) is 41.9 Å². The lowest BCUT2D eigenvalue weighted by atomic mass is 10.1. The summed E-state index contributed by atoms with van der Waals surface area (Å²) in [6.45, 7) is 0. The SMILES string of the molecule is CSc1cccc(N(C)c2ccccc2F)c1C(N)=S. The van der Waals surface area contributed by atoms with Crippen LogP contribution in [0.25, 0.3) is 0 Å². The van der Waals surface area contributed by atoms with E-state index in [9.17, 15) is 4.39 Å². The minimum atomic E-state index is -0.279. The first kappa shape index (κ1) is 14.8.